The van der Waals surface area contributed by atoms with Gasteiger partial charge in [0.15, 0.2) is 11.6 Å². The monoisotopic (exact) mass is 314 g/mol. The molecule has 0 fully saturated rings. The van der Waals surface area contributed by atoms with Gasteiger partial charge in [-0.25, -0.2) is 8.78 Å². The van der Waals surface area contributed by atoms with E-state index in [0.717, 1.165) is 23.4 Å². The molecular weight excluding hydrogens is 298 g/mol. The molecule has 0 heterocycles. The van der Waals surface area contributed by atoms with Gasteiger partial charge in [0.05, 0.1) is 6.54 Å². The number of hydrogen-bond donors (Lipinski definition) is 1. The summed E-state index contributed by atoms with van der Waals surface area (Å²) in [6.07, 6.45) is 0. The van der Waals surface area contributed by atoms with Crippen LogP contribution in [0.2, 0.25) is 0 Å². The van der Waals surface area contributed by atoms with Crippen molar-refractivity contribution in [2.45, 2.75) is 0 Å². The Hall–Kier alpha value is -2.87. The lowest BCUT2D eigenvalue weighted by molar-refractivity contribution is 0.0958. The van der Waals surface area contributed by atoms with Gasteiger partial charge in [-0.2, -0.15) is 0 Å². The Labute approximate surface area is 133 Å². The predicted molar refractivity (Wildman–Crippen MR) is 86.3 cm³/mol. The van der Waals surface area contributed by atoms with E-state index in [0.29, 0.717) is 0 Å². The fourth-order valence-corrected chi connectivity index (χ4v) is 1.85. The maximum Gasteiger partial charge on any atom is 0.252 e. The minimum Gasteiger partial charge on any atom is -0.378 e. The third-order valence-electron chi connectivity index (χ3n) is 3.14. The van der Waals surface area contributed by atoms with Crippen LogP contribution < -0.4 is 10.2 Å². The lowest BCUT2D eigenvalue weighted by atomic mass is 10.2. The quantitative estimate of drug-likeness (QED) is 0.884. The van der Waals surface area contributed by atoms with E-state index >= 15 is 0 Å². The fourth-order valence-electron chi connectivity index (χ4n) is 1.85. The molecule has 2 aromatic rings. The number of hydrogen-bond acceptors (Lipinski definition) is 2. The lowest BCUT2D eigenvalue weighted by Crippen LogP contribution is -2.23. The summed E-state index contributed by atoms with van der Waals surface area (Å²) in [7, 11) is 3.91. The molecule has 0 spiro atoms. The minimum absolute atomic E-state index is 0.0565. The van der Waals surface area contributed by atoms with Crippen LogP contribution in [0.4, 0.5) is 14.5 Å². The van der Waals surface area contributed by atoms with Gasteiger partial charge in [-0.3, -0.25) is 4.79 Å². The van der Waals surface area contributed by atoms with Crippen LogP contribution in [0.3, 0.4) is 0 Å². The molecule has 23 heavy (non-hydrogen) atoms. The summed E-state index contributed by atoms with van der Waals surface area (Å²) in [6.45, 7) is 0.118. The van der Waals surface area contributed by atoms with Crippen molar-refractivity contribution in [2.75, 3.05) is 25.5 Å². The van der Waals surface area contributed by atoms with Gasteiger partial charge >= 0.3 is 0 Å². The molecule has 1 amide bonds. The first-order chi connectivity index (χ1) is 11.0. The topological polar surface area (TPSA) is 32.3 Å². The molecule has 118 valence electrons. The highest BCUT2D eigenvalue weighted by molar-refractivity contribution is 5.94. The fraction of sp³-hybridized carbons (Fsp3) is 0.167. The average Bonchev–Trinajstić information content (AvgIpc) is 2.54. The third-order valence-corrected chi connectivity index (χ3v) is 3.14. The van der Waals surface area contributed by atoms with Crippen molar-refractivity contribution < 1.29 is 13.6 Å². The summed E-state index contributed by atoms with van der Waals surface area (Å²) in [5, 5.41) is 2.54. The molecule has 0 saturated heterocycles. The molecule has 0 unspecified atom stereocenters. The van der Waals surface area contributed by atoms with Crippen molar-refractivity contribution >= 4 is 11.6 Å². The second-order valence-electron chi connectivity index (χ2n) is 5.05. The van der Waals surface area contributed by atoms with Crippen LogP contribution in [-0.2, 0) is 0 Å². The van der Waals surface area contributed by atoms with Gasteiger partial charge in [-0.15, -0.1) is 0 Å². The van der Waals surface area contributed by atoms with Crippen LogP contribution in [0.5, 0.6) is 0 Å². The molecule has 0 atom stereocenters. The molecule has 0 aromatic heterocycles. The maximum atomic E-state index is 13.1. The number of nitrogens with one attached hydrogen (secondary N) is 1. The number of amides is 1. The first-order valence-electron chi connectivity index (χ1n) is 6.97. The van der Waals surface area contributed by atoms with E-state index < -0.39 is 17.5 Å². The largest absolute Gasteiger partial charge is 0.378 e. The Balaban J connectivity index is 1.92. The molecule has 2 aromatic carbocycles. The zero-order valence-corrected chi connectivity index (χ0v) is 12.9. The highest BCUT2D eigenvalue weighted by Crippen LogP contribution is 2.11. The van der Waals surface area contributed by atoms with E-state index in [4.69, 9.17) is 0 Å². The second-order valence-corrected chi connectivity index (χ2v) is 5.05. The van der Waals surface area contributed by atoms with Crippen LogP contribution in [0.25, 0.3) is 0 Å². The van der Waals surface area contributed by atoms with Crippen molar-refractivity contribution in [1.29, 1.82) is 0 Å². The van der Waals surface area contributed by atoms with Crippen LogP contribution in [0.1, 0.15) is 15.9 Å². The number of carbonyl (C=O) groups is 1. The van der Waals surface area contributed by atoms with Gasteiger partial charge in [0.1, 0.15) is 0 Å². The van der Waals surface area contributed by atoms with Gasteiger partial charge in [0, 0.05) is 30.9 Å². The summed E-state index contributed by atoms with van der Waals surface area (Å²) in [6, 6.07) is 10.7. The van der Waals surface area contributed by atoms with Gasteiger partial charge in [-0.1, -0.05) is 11.8 Å². The molecule has 0 radical (unpaired) electrons. The van der Waals surface area contributed by atoms with Crippen molar-refractivity contribution in [3.05, 3.63) is 65.2 Å². The SMILES string of the molecule is CN(C)c1ccc(C#CCNC(=O)c2ccc(F)c(F)c2)cc1. The molecule has 0 saturated carbocycles. The highest BCUT2D eigenvalue weighted by atomic mass is 19.2. The van der Waals surface area contributed by atoms with Crippen LogP contribution in [-0.4, -0.2) is 26.5 Å². The maximum absolute atomic E-state index is 13.1. The van der Waals surface area contributed by atoms with E-state index in [1.807, 2.05) is 43.3 Å². The number of carbonyl (C=O) groups excluding carboxylic acids is 1. The summed E-state index contributed by atoms with van der Waals surface area (Å²) in [4.78, 5) is 13.8. The molecule has 0 aliphatic heterocycles. The van der Waals surface area contributed by atoms with E-state index in [9.17, 15) is 13.6 Å². The zero-order valence-electron chi connectivity index (χ0n) is 12.9. The Kier molecular flexibility index (Phi) is 5.32. The number of nitrogens with zero attached hydrogens (tertiary/aromatic N) is 1. The zero-order chi connectivity index (χ0) is 16.8. The van der Waals surface area contributed by atoms with Crippen molar-refractivity contribution in [1.82, 2.24) is 5.32 Å². The molecule has 0 aliphatic carbocycles. The molecular formula is C18H16F2N2O. The summed E-state index contributed by atoms with van der Waals surface area (Å²) in [5.41, 5.74) is 1.96. The van der Waals surface area contributed by atoms with Crippen LogP contribution >= 0.6 is 0 Å². The molecule has 3 nitrogen and oxygen atoms in total. The minimum atomic E-state index is -1.05. The van der Waals surface area contributed by atoms with E-state index in [1.54, 1.807) is 0 Å². The number of halogens is 2. The van der Waals surface area contributed by atoms with Gasteiger partial charge in [-0.05, 0) is 42.5 Å². The Bertz CT molecular complexity index is 759. The number of benzene rings is 2. The van der Waals surface area contributed by atoms with Gasteiger partial charge in [0.2, 0.25) is 0 Å². The standard InChI is InChI=1S/C18H16F2N2O/c1-22(2)15-8-5-13(6-9-15)4-3-11-21-18(23)14-7-10-16(19)17(20)12-14/h5-10,12H,11H2,1-2H3,(H,21,23). The summed E-state index contributed by atoms with van der Waals surface area (Å²) >= 11 is 0. The number of rotatable bonds is 3. The normalized spacial score (nSPS) is 9.74. The first kappa shape index (κ1) is 16.5. The molecule has 5 heteroatoms. The smallest absolute Gasteiger partial charge is 0.252 e. The highest BCUT2D eigenvalue weighted by Gasteiger charge is 2.08. The van der Waals surface area contributed by atoms with Gasteiger partial charge in [0.25, 0.3) is 5.91 Å². The second kappa shape index (κ2) is 7.41. The van der Waals surface area contributed by atoms with Gasteiger partial charge < -0.3 is 10.2 Å². The van der Waals surface area contributed by atoms with Crippen molar-refractivity contribution in [3.8, 4) is 11.8 Å². The Morgan fingerprint density at radius 3 is 2.39 bits per heavy atom. The summed E-state index contributed by atoms with van der Waals surface area (Å²) < 4.78 is 25.9. The molecule has 0 bridgehead atoms. The van der Waals surface area contributed by atoms with E-state index in [-0.39, 0.29) is 12.1 Å². The Morgan fingerprint density at radius 2 is 1.78 bits per heavy atom. The molecule has 2 rings (SSSR count). The predicted octanol–water partition coefficient (Wildman–Crippen LogP) is 2.81. The lowest BCUT2D eigenvalue weighted by Gasteiger charge is -2.11. The van der Waals surface area contributed by atoms with E-state index in [1.165, 1.54) is 6.07 Å². The van der Waals surface area contributed by atoms with Crippen LogP contribution in [0.15, 0.2) is 42.5 Å². The number of anilines is 1. The summed E-state index contributed by atoms with van der Waals surface area (Å²) in [5.74, 6) is 3.20. The first-order valence-corrected chi connectivity index (χ1v) is 6.97. The molecule has 1 N–H and O–H groups in total. The van der Waals surface area contributed by atoms with Crippen molar-refractivity contribution in [2.24, 2.45) is 0 Å². The van der Waals surface area contributed by atoms with Crippen molar-refractivity contribution in [3.63, 3.8) is 0 Å². The molecule has 0 aliphatic rings. The average molecular weight is 314 g/mol. The third kappa shape index (κ3) is 4.55. The van der Waals surface area contributed by atoms with E-state index in [2.05, 4.69) is 17.2 Å². The van der Waals surface area contributed by atoms with Crippen LogP contribution in [0, 0.1) is 23.5 Å². The Morgan fingerprint density at radius 1 is 1.09 bits per heavy atom.